The van der Waals surface area contributed by atoms with Crippen LogP contribution in [0.25, 0.3) is 0 Å². The Kier molecular flexibility index (Phi) is 5.81. The van der Waals surface area contributed by atoms with Crippen LogP contribution in [-0.4, -0.2) is 17.4 Å². The second-order valence-electron chi connectivity index (χ2n) is 5.57. The van der Waals surface area contributed by atoms with Crippen molar-refractivity contribution < 1.29 is 14.0 Å². The van der Waals surface area contributed by atoms with E-state index in [1.807, 2.05) is 36.4 Å². The van der Waals surface area contributed by atoms with Gasteiger partial charge in [0.25, 0.3) is 5.91 Å². The molecule has 3 aromatic rings. The molecule has 0 aliphatic heterocycles. The monoisotopic (exact) mass is 365 g/mol. The summed E-state index contributed by atoms with van der Waals surface area (Å²) in [5.74, 6) is -0.328. The summed E-state index contributed by atoms with van der Waals surface area (Å²) in [6.45, 7) is 0. The molecule has 26 heavy (non-hydrogen) atoms. The van der Waals surface area contributed by atoms with Crippen LogP contribution in [0.3, 0.4) is 0 Å². The molecular formula is C21H16FNO2S. The summed E-state index contributed by atoms with van der Waals surface area (Å²) in [7, 11) is 0. The fourth-order valence-electron chi connectivity index (χ4n) is 2.32. The lowest BCUT2D eigenvalue weighted by Crippen LogP contribution is -2.11. The van der Waals surface area contributed by atoms with Gasteiger partial charge >= 0.3 is 0 Å². The van der Waals surface area contributed by atoms with Crippen molar-refractivity contribution in [3.8, 4) is 0 Å². The zero-order valence-corrected chi connectivity index (χ0v) is 14.6. The van der Waals surface area contributed by atoms with E-state index in [1.54, 1.807) is 18.2 Å². The first-order chi connectivity index (χ1) is 12.6. The number of ketones is 1. The number of Topliss-reactive ketones (excluding diaryl/α,β-unsaturated/α-hetero) is 1. The number of halogens is 1. The smallest absolute Gasteiger partial charge is 0.255 e. The standard InChI is InChI=1S/C21H16FNO2S/c22-17-11-9-16(10-12-17)21(25)23-18-7-4-8-19(13-18)26-14-20(24)15-5-2-1-3-6-15/h1-13H,14H2,(H,23,25). The van der Waals surface area contributed by atoms with Crippen molar-refractivity contribution in [2.24, 2.45) is 0 Å². The quantitative estimate of drug-likeness (QED) is 0.491. The molecule has 0 unspecified atom stereocenters. The first-order valence-corrected chi connectivity index (χ1v) is 8.98. The molecule has 0 saturated carbocycles. The summed E-state index contributed by atoms with van der Waals surface area (Å²) in [6.07, 6.45) is 0. The van der Waals surface area contributed by atoms with Crippen LogP contribution in [0.15, 0.2) is 83.8 Å². The fourth-order valence-corrected chi connectivity index (χ4v) is 3.17. The Balaban J connectivity index is 1.62. The maximum Gasteiger partial charge on any atom is 0.255 e. The normalized spacial score (nSPS) is 10.3. The van der Waals surface area contributed by atoms with Crippen LogP contribution in [-0.2, 0) is 0 Å². The maximum absolute atomic E-state index is 12.9. The predicted molar refractivity (Wildman–Crippen MR) is 102 cm³/mol. The van der Waals surface area contributed by atoms with Gasteiger partial charge in [-0.05, 0) is 42.5 Å². The highest BCUT2D eigenvalue weighted by Gasteiger charge is 2.09. The summed E-state index contributed by atoms with van der Waals surface area (Å²) in [6, 6.07) is 21.8. The zero-order chi connectivity index (χ0) is 18.4. The van der Waals surface area contributed by atoms with Crippen molar-refractivity contribution in [3.63, 3.8) is 0 Å². The predicted octanol–water partition coefficient (Wildman–Crippen LogP) is 5.05. The zero-order valence-electron chi connectivity index (χ0n) is 13.8. The molecule has 3 nitrogen and oxygen atoms in total. The van der Waals surface area contributed by atoms with Crippen LogP contribution in [0.2, 0.25) is 0 Å². The van der Waals surface area contributed by atoms with Gasteiger partial charge in [-0.2, -0.15) is 0 Å². The number of carbonyl (C=O) groups excluding carboxylic acids is 2. The minimum atomic E-state index is -0.386. The molecule has 0 aliphatic rings. The van der Waals surface area contributed by atoms with Crippen LogP contribution < -0.4 is 5.32 Å². The third kappa shape index (κ3) is 4.80. The van der Waals surface area contributed by atoms with Gasteiger partial charge in [0, 0.05) is 21.7 Å². The van der Waals surface area contributed by atoms with Crippen LogP contribution in [0, 0.1) is 5.82 Å². The van der Waals surface area contributed by atoms with E-state index in [1.165, 1.54) is 36.0 Å². The first-order valence-electron chi connectivity index (χ1n) is 8.00. The number of hydrogen-bond acceptors (Lipinski definition) is 3. The summed E-state index contributed by atoms with van der Waals surface area (Å²) in [4.78, 5) is 25.2. The Hall–Kier alpha value is -2.92. The van der Waals surface area contributed by atoms with Gasteiger partial charge in [0.2, 0.25) is 0 Å². The molecule has 5 heteroatoms. The van der Waals surface area contributed by atoms with Crippen molar-refractivity contribution in [1.29, 1.82) is 0 Å². The van der Waals surface area contributed by atoms with Crippen LogP contribution in [0.1, 0.15) is 20.7 Å². The third-order valence-corrected chi connectivity index (χ3v) is 4.66. The molecule has 0 bridgehead atoms. The van der Waals surface area contributed by atoms with E-state index in [4.69, 9.17) is 0 Å². The number of rotatable bonds is 6. The Morgan fingerprint density at radius 1 is 0.846 bits per heavy atom. The van der Waals surface area contributed by atoms with E-state index < -0.39 is 0 Å². The summed E-state index contributed by atoms with van der Waals surface area (Å²) >= 11 is 1.41. The minimum Gasteiger partial charge on any atom is -0.322 e. The van der Waals surface area contributed by atoms with Crippen molar-refractivity contribution in [2.75, 3.05) is 11.1 Å². The molecule has 0 spiro atoms. The van der Waals surface area contributed by atoms with E-state index in [-0.39, 0.29) is 17.5 Å². The van der Waals surface area contributed by atoms with Gasteiger partial charge in [0.15, 0.2) is 5.78 Å². The third-order valence-electron chi connectivity index (χ3n) is 3.66. The summed E-state index contributed by atoms with van der Waals surface area (Å²) < 4.78 is 12.9. The second kappa shape index (κ2) is 8.45. The van der Waals surface area contributed by atoms with Gasteiger partial charge in [-0.15, -0.1) is 11.8 Å². The van der Waals surface area contributed by atoms with Gasteiger partial charge in [0.1, 0.15) is 5.82 Å². The van der Waals surface area contributed by atoms with Gasteiger partial charge in [0.05, 0.1) is 5.75 Å². The Morgan fingerprint density at radius 2 is 1.58 bits per heavy atom. The number of hydrogen-bond donors (Lipinski definition) is 1. The largest absolute Gasteiger partial charge is 0.322 e. The first kappa shape index (κ1) is 17.9. The topological polar surface area (TPSA) is 46.2 Å². The van der Waals surface area contributed by atoms with E-state index in [2.05, 4.69) is 5.32 Å². The highest BCUT2D eigenvalue weighted by atomic mass is 32.2. The van der Waals surface area contributed by atoms with Gasteiger partial charge in [-0.25, -0.2) is 4.39 Å². The minimum absolute atomic E-state index is 0.0522. The molecule has 3 aromatic carbocycles. The molecule has 0 fully saturated rings. The SMILES string of the molecule is O=C(CSc1cccc(NC(=O)c2ccc(F)cc2)c1)c1ccccc1. The summed E-state index contributed by atoms with van der Waals surface area (Å²) in [5, 5.41) is 2.78. The molecule has 3 rings (SSSR count). The highest BCUT2D eigenvalue weighted by molar-refractivity contribution is 8.00. The molecule has 1 amide bonds. The lowest BCUT2D eigenvalue weighted by atomic mass is 10.2. The number of carbonyl (C=O) groups is 2. The molecule has 1 N–H and O–H groups in total. The van der Waals surface area contributed by atoms with Crippen molar-refractivity contribution >= 4 is 29.1 Å². The number of nitrogens with one attached hydrogen (secondary N) is 1. The molecular weight excluding hydrogens is 349 g/mol. The molecule has 0 radical (unpaired) electrons. The fraction of sp³-hybridized carbons (Fsp3) is 0.0476. The van der Waals surface area contributed by atoms with Gasteiger partial charge in [-0.1, -0.05) is 36.4 Å². The number of benzene rings is 3. The van der Waals surface area contributed by atoms with Crippen molar-refractivity contribution in [3.05, 3.63) is 95.8 Å². The average Bonchev–Trinajstić information content (AvgIpc) is 2.67. The van der Waals surface area contributed by atoms with Crippen LogP contribution >= 0.6 is 11.8 Å². The van der Waals surface area contributed by atoms with Crippen molar-refractivity contribution in [1.82, 2.24) is 0 Å². The molecule has 0 aromatic heterocycles. The Bertz CT molecular complexity index is 911. The van der Waals surface area contributed by atoms with E-state index in [9.17, 15) is 14.0 Å². The van der Waals surface area contributed by atoms with E-state index in [0.717, 1.165) is 4.90 Å². The number of anilines is 1. The number of amides is 1. The van der Waals surface area contributed by atoms with Gasteiger partial charge in [-0.3, -0.25) is 9.59 Å². The Morgan fingerprint density at radius 3 is 2.31 bits per heavy atom. The molecule has 0 saturated heterocycles. The molecule has 0 atom stereocenters. The number of thioether (sulfide) groups is 1. The molecule has 130 valence electrons. The second-order valence-corrected chi connectivity index (χ2v) is 6.62. The van der Waals surface area contributed by atoms with Crippen molar-refractivity contribution in [2.45, 2.75) is 4.90 Å². The Labute approximate surface area is 155 Å². The van der Waals surface area contributed by atoms with Gasteiger partial charge < -0.3 is 5.32 Å². The summed E-state index contributed by atoms with van der Waals surface area (Å²) in [5.41, 5.74) is 1.68. The lowest BCUT2D eigenvalue weighted by molar-refractivity contribution is 0.101. The highest BCUT2D eigenvalue weighted by Crippen LogP contribution is 2.23. The molecule has 0 heterocycles. The van der Waals surface area contributed by atoms with E-state index in [0.29, 0.717) is 22.6 Å². The molecule has 0 aliphatic carbocycles. The van der Waals surface area contributed by atoms with Crippen LogP contribution in [0.4, 0.5) is 10.1 Å². The average molecular weight is 365 g/mol. The van der Waals surface area contributed by atoms with Crippen LogP contribution in [0.5, 0.6) is 0 Å². The lowest BCUT2D eigenvalue weighted by Gasteiger charge is -2.07. The maximum atomic E-state index is 12.9. The van der Waals surface area contributed by atoms with E-state index >= 15 is 0 Å².